The first kappa shape index (κ1) is 14.6. The number of rotatable bonds is 4. The molecule has 1 atom stereocenters. The Balaban J connectivity index is 1.79. The Labute approximate surface area is 130 Å². The van der Waals surface area contributed by atoms with Crippen LogP contribution in [0.5, 0.6) is 5.75 Å². The van der Waals surface area contributed by atoms with Crippen LogP contribution in [0.4, 0.5) is 0 Å². The fourth-order valence-electron chi connectivity index (χ4n) is 3.16. The molecule has 1 fully saturated rings. The van der Waals surface area contributed by atoms with Crippen LogP contribution in [0.25, 0.3) is 0 Å². The number of nitrogens with zero attached hydrogens (tertiary/aromatic N) is 2. The molecule has 5 nitrogen and oxygen atoms in total. The zero-order valence-electron chi connectivity index (χ0n) is 13.0. The summed E-state index contributed by atoms with van der Waals surface area (Å²) in [5, 5.41) is 6.80. The Bertz CT molecular complexity index is 665. The van der Waals surface area contributed by atoms with E-state index in [1.165, 1.54) is 0 Å². The number of hydrogen-bond acceptors (Lipinski definition) is 3. The number of aromatic amines is 1. The Morgan fingerprint density at radius 3 is 3.00 bits per heavy atom. The van der Waals surface area contributed by atoms with Crippen LogP contribution in [0.1, 0.15) is 34.5 Å². The maximum absolute atomic E-state index is 12.7. The number of H-pyrrole nitrogens is 1. The van der Waals surface area contributed by atoms with Crippen molar-refractivity contribution in [3.63, 3.8) is 0 Å². The van der Waals surface area contributed by atoms with Crippen LogP contribution in [0.2, 0.25) is 0 Å². The van der Waals surface area contributed by atoms with E-state index in [1.54, 1.807) is 13.3 Å². The maximum Gasteiger partial charge on any atom is 0.257 e. The lowest BCUT2D eigenvalue weighted by molar-refractivity contribution is 0.0735. The predicted octanol–water partition coefficient (Wildman–Crippen LogP) is 2.57. The van der Waals surface area contributed by atoms with Crippen molar-refractivity contribution in [1.29, 1.82) is 0 Å². The van der Waals surface area contributed by atoms with Crippen molar-refractivity contribution < 1.29 is 9.53 Å². The summed E-state index contributed by atoms with van der Waals surface area (Å²) in [6.45, 7) is 2.69. The molecule has 3 rings (SSSR count). The van der Waals surface area contributed by atoms with Crippen LogP contribution in [-0.4, -0.2) is 40.7 Å². The van der Waals surface area contributed by atoms with Gasteiger partial charge in [0.15, 0.2) is 0 Å². The molecule has 1 aromatic heterocycles. The number of ether oxygens (including phenoxy) is 1. The number of amides is 1. The van der Waals surface area contributed by atoms with Gasteiger partial charge in [-0.2, -0.15) is 5.10 Å². The van der Waals surface area contributed by atoms with Crippen molar-refractivity contribution in [2.75, 3.05) is 13.7 Å². The van der Waals surface area contributed by atoms with Gasteiger partial charge in [0.1, 0.15) is 5.75 Å². The summed E-state index contributed by atoms with van der Waals surface area (Å²) in [5.41, 5.74) is 2.65. The fourth-order valence-corrected chi connectivity index (χ4v) is 3.16. The van der Waals surface area contributed by atoms with Crippen LogP contribution in [0, 0.1) is 6.92 Å². The van der Waals surface area contributed by atoms with E-state index in [-0.39, 0.29) is 11.9 Å². The van der Waals surface area contributed by atoms with Gasteiger partial charge in [-0.1, -0.05) is 18.2 Å². The van der Waals surface area contributed by atoms with E-state index in [0.29, 0.717) is 5.56 Å². The number of benzene rings is 1. The molecule has 2 heterocycles. The molecule has 1 amide bonds. The normalized spacial score (nSPS) is 17.7. The van der Waals surface area contributed by atoms with E-state index in [1.807, 2.05) is 30.0 Å². The standard InChI is InChI=1S/C17H21N3O2/c1-12-15(11-18-19-12)17(21)20-9-5-7-14(20)10-13-6-3-4-8-16(13)22-2/h3-4,6,8,11,14H,5,7,9-10H2,1-2H3,(H,18,19)/t14-/m0/s1. The molecule has 0 unspecified atom stereocenters. The summed E-state index contributed by atoms with van der Waals surface area (Å²) in [5.74, 6) is 0.963. The molecule has 0 bridgehead atoms. The van der Waals surface area contributed by atoms with Gasteiger partial charge in [-0.15, -0.1) is 0 Å². The van der Waals surface area contributed by atoms with Gasteiger partial charge in [-0.05, 0) is 37.8 Å². The lowest BCUT2D eigenvalue weighted by Crippen LogP contribution is -2.37. The largest absolute Gasteiger partial charge is 0.496 e. The molecule has 2 aromatic rings. The second-order valence-electron chi connectivity index (χ2n) is 5.72. The zero-order valence-corrected chi connectivity index (χ0v) is 13.0. The number of likely N-dealkylation sites (tertiary alicyclic amines) is 1. The molecule has 5 heteroatoms. The van der Waals surface area contributed by atoms with Gasteiger partial charge in [0.2, 0.25) is 0 Å². The first-order chi connectivity index (χ1) is 10.7. The van der Waals surface area contributed by atoms with E-state index < -0.39 is 0 Å². The number of carbonyl (C=O) groups is 1. The molecule has 1 aromatic carbocycles. The average Bonchev–Trinajstić information content (AvgIpc) is 3.16. The van der Waals surface area contributed by atoms with E-state index in [9.17, 15) is 4.79 Å². The molecule has 116 valence electrons. The lowest BCUT2D eigenvalue weighted by atomic mass is 10.0. The van der Waals surface area contributed by atoms with Crippen molar-refractivity contribution in [3.8, 4) is 5.75 Å². The molecule has 0 aliphatic carbocycles. The van der Waals surface area contributed by atoms with Crippen LogP contribution in [0.3, 0.4) is 0 Å². The minimum Gasteiger partial charge on any atom is -0.496 e. The monoisotopic (exact) mass is 299 g/mol. The summed E-state index contributed by atoms with van der Waals surface area (Å²) in [6, 6.07) is 8.24. The minimum absolute atomic E-state index is 0.0728. The number of para-hydroxylation sites is 1. The highest BCUT2D eigenvalue weighted by atomic mass is 16.5. The Morgan fingerprint density at radius 2 is 2.27 bits per heavy atom. The first-order valence-electron chi connectivity index (χ1n) is 7.63. The quantitative estimate of drug-likeness (QED) is 0.944. The molecule has 22 heavy (non-hydrogen) atoms. The smallest absolute Gasteiger partial charge is 0.257 e. The number of carbonyl (C=O) groups excluding carboxylic acids is 1. The average molecular weight is 299 g/mol. The van der Waals surface area contributed by atoms with Crippen molar-refractivity contribution in [3.05, 3.63) is 47.3 Å². The van der Waals surface area contributed by atoms with Gasteiger partial charge in [0.25, 0.3) is 5.91 Å². The summed E-state index contributed by atoms with van der Waals surface area (Å²) in [7, 11) is 1.69. The summed E-state index contributed by atoms with van der Waals surface area (Å²) >= 11 is 0. The first-order valence-corrected chi connectivity index (χ1v) is 7.63. The fraction of sp³-hybridized carbons (Fsp3) is 0.412. The SMILES string of the molecule is COc1ccccc1C[C@@H]1CCCN1C(=O)c1cn[nH]c1C. The lowest BCUT2D eigenvalue weighted by Gasteiger charge is -2.25. The van der Waals surface area contributed by atoms with Gasteiger partial charge in [-0.25, -0.2) is 0 Å². The Morgan fingerprint density at radius 1 is 1.45 bits per heavy atom. The molecule has 1 aliphatic rings. The van der Waals surface area contributed by atoms with Gasteiger partial charge >= 0.3 is 0 Å². The predicted molar refractivity (Wildman–Crippen MR) is 84.1 cm³/mol. The van der Waals surface area contributed by atoms with Crippen LogP contribution >= 0.6 is 0 Å². The minimum atomic E-state index is 0.0728. The number of nitrogens with one attached hydrogen (secondary N) is 1. The number of methoxy groups -OCH3 is 1. The molecule has 1 N–H and O–H groups in total. The Hall–Kier alpha value is -2.30. The topological polar surface area (TPSA) is 58.2 Å². The third-order valence-corrected chi connectivity index (χ3v) is 4.35. The van der Waals surface area contributed by atoms with E-state index in [2.05, 4.69) is 16.3 Å². The van der Waals surface area contributed by atoms with Crippen molar-refractivity contribution >= 4 is 5.91 Å². The van der Waals surface area contributed by atoms with Crippen LogP contribution in [0.15, 0.2) is 30.5 Å². The summed E-state index contributed by atoms with van der Waals surface area (Å²) in [6.07, 6.45) is 4.52. The second kappa shape index (κ2) is 6.22. The highest BCUT2D eigenvalue weighted by Crippen LogP contribution is 2.27. The Kier molecular flexibility index (Phi) is 4.13. The van der Waals surface area contributed by atoms with Gasteiger partial charge in [0.05, 0.1) is 18.9 Å². The summed E-state index contributed by atoms with van der Waals surface area (Å²) < 4.78 is 5.42. The van der Waals surface area contributed by atoms with E-state index in [0.717, 1.165) is 42.8 Å². The maximum atomic E-state index is 12.7. The molecule has 0 radical (unpaired) electrons. The summed E-state index contributed by atoms with van der Waals surface area (Å²) in [4.78, 5) is 14.7. The van der Waals surface area contributed by atoms with Crippen LogP contribution < -0.4 is 4.74 Å². The number of hydrogen-bond donors (Lipinski definition) is 1. The molecular formula is C17H21N3O2. The van der Waals surface area contributed by atoms with E-state index >= 15 is 0 Å². The third kappa shape index (κ3) is 2.71. The second-order valence-corrected chi connectivity index (χ2v) is 5.72. The molecule has 0 spiro atoms. The van der Waals surface area contributed by atoms with Gasteiger partial charge < -0.3 is 9.64 Å². The number of aromatic nitrogens is 2. The third-order valence-electron chi connectivity index (χ3n) is 4.35. The number of aryl methyl sites for hydroxylation is 1. The molecule has 0 saturated carbocycles. The van der Waals surface area contributed by atoms with Gasteiger partial charge in [-0.3, -0.25) is 9.89 Å². The molecule has 1 aliphatic heterocycles. The van der Waals surface area contributed by atoms with Crippen molar-refractivity contribution in [2.24, 2.45) is 0 Å². The highest BCUT2D eigenvalue weighted by molar-refractivity contribution is 5.95. The van der Waals surface area contributed by atoms with E-state index in [4.69, 9.17) is 4.74 Å². The molecule has 1 saturated heterocycles. The van der Waals surface area contributed by atoms with Crippen LogP contribution in [-0.2, 0) is 6.42 Å². The zero-order chi connectivity index (χ0) is 15.5. The van der Waals surface area contributed by atoms with Gasteiger partial charge in [0, 0.05) is 18.3 Å². The van der Waals surface area contributed by atoms with Crippen molar-refractivity contribution in [2.45, 2.75) is 32.2 Å². The molecular weight excluding hydrogens is 278 g/mol. The van der Waals surface area contributed by atoms with Crippen molar-refractivity contribution in [1.82, 2.24) is 15.1 Å². The highest BCUT2D eigenvalue weighted by Gasteiger charge is 2.31.